The smallest absolute Gasteiger partial charge is 0.326 e. The number of carbonyl (C=O) groups is 1. The maximum Gasteiger partial charge on any atom is 0.326 e. The number of carboxylic acids is 1. The van der Waals surface area contributed by atoms with Crippen LogP contribution in [0.3, 0.4) is 0 Å². The molecule has 2 aromatic heterocycles. The predicted octanol–water partition coefficient (Wildman–Crippen LogP) is 4.34. The van der Waals surface area contributed by atoms with E-state index >= 15 is 0 Å². The van der Waals surface area contributed by atoms with Crippen LogP contribution in [0, 0.1) is 13.8 Å². The zero-order valence-electron chi connectivity index (χ0n) is 15.4. The summed E-state index contributed by atoms with van der Waals surface area (Å²) in [6.07, 6.45) is 1.36. The molecule has 1 N–H and O–H groups in total. The van der Waals surface area contributed by atoms with Gasteiger partial charge in [-0.2, -0.15) is 0 Å². The molecule has 0 saturated heterocycles. The molecule has 0 amide bonds. The summed E-state index contributed by atoms with van der Waals surface area (Å²) < 4.78 is 1.34. The third-order valence-corrected chi connectivity index (χ3v) is 5.48. The molecule has 6 heteroatoms. The van der Waals surface area contributed by atoms with E-state index in [0.717, 1.165) is 28.7 Å². The van der Waals surface area contributed by atoms with Gasteiger partial charge in [-0.25, -0.2) is 9.78 Å². The van der Waals surface area contributed by atoms with E-state index in [9.17, 15) is 14.7 Å². The highest BCUT2D eigenvalue weighted by molar-refractivity contribution is 7.17. The van der Waals surface area contributed by atoms with Gasteiger partial charge in [0.05, 0.1) is 5.39 Å². The van der Waals surface area contributed by atoms with Crippen LogP contribution in [0.5, 0.6) is 0 Å². The second kappa shape index (κ2) is 7.03. The quantitative estimate of drug-likeness (QED) is 0.725. The van der Waals surface area contributed by atoms with E-state index in [1.54, 1.807) is 0 Å². The van der Waals surface area contributed by atoms with Gasteiger partial charge in [-0.05, 0) is 38.3 Å². The molecule has 0 aliphatic rings. The molecular weight excluding hydrogens is 348 g/mol. The molecular formula is C20H22N2O3S. The van der Waals surface area contributed by atoms with Gasteiger partial charge in [0.2, 0.25) is 0 Å². The van der Waals surface area contributed by atoms with Crippen LogP contribution < -0.4 is 5.56 Å². The number of aliphatic carboxylic acids is 1. The van der Waals surface area contributed by atoms with Gasteiger partial charge in [0, 0.05) is 17.4 Å². The maximum absolute atomic E-state index is 13.3. The molecule has 0 bridgehead atoms. The summed E-state index contributed by atoms with van der Waals surface area (Å²) in [5.74, 6) is -0.497. The molecule has 0 aliphatic carbocycles. The molecule has 0 saturated carbocycles. The zero-order chi connectivity index (χ0) is 19.0. The highest BCUT2D eigenvalue weighted by Gasteiger charge is 2.23. The number of thiophene rings is 1. The third-order valence-electron chi connectivity index (χ3n) is 4.60. The molecule has 1 unspecified atom stereocenters. The van der Waals surface area contributed by atoms with Crippen molar-refractivity contribution < 1.29 is 9.90 Å². The molecule has 0 aliphatic heterocycles. The summed E-state index contributed by atoms with van der Waals surface area (Å²) >= 11 is 1.43. The van der Waals surface area contributed by atoms with Crippen molar-refractivity contribution in [3.63, 3.8) is 0 Å². The number of benzene rings is 1. The largest absolute Gasteiger partial charge is 0.480 e. The number of hydrogen-bond donors (Lipinski definition) is 1. The Morgan fingerprint density at radius 1 is 1.31 bits per heavy atom. The number of carboxylic acid groups (broad SMARTS) is 1. The van der Waals surface area contributed by atoms with Crippen LogP contribution in [0.25, 0.3) is 21.3 Å². The first kappa shape index (κ1) is 18.3. The molecule has 1 aromatic carbocycles. The summed E-state index contributed by atoms with van der Waals surface area (Å²) in [7, 11) is 0. The van der Waals surface area contributed by atoms with Crippen molar-refractivity contribution in [2.24, 2.45) is 0 Å². The Kier molecular flexibility index (Phi) is 4.96. The summed E-state index contributed by atoms with van der Waals surface area (Å²) in [6, 6.07) is 5.16. The normalized spacial score (nSPS) is 12.5. The van der Waals surface area contributed by atoms with Crippen LogP contribution in [0.15, 0.2) is 28.4 Å². The van der Waals surface area contributed by atoms with Gasteiger partial charge in [0.1, 0.15) is 16.7 Å². The molecule has 2 heterocycles. The van der Waals surface area contributed by atoms with Crippen molar-refractivity contribution in [1.29, 1.82) is 0 Å². The Morgan fingerprint density at radius 2 is 2.04 bits per heavy atom. The third kappa shape index (κ3) is 3.05. The van der Waals surface area contributed by atoms with E-state index < -0.39 is 12.0 Å². The standard InChI is InChI=1S/C20H22N2O3S/c1-5-6-16-21-18-17(19(23)22(16)13(4)20(24)25)15(10-26-18)14-8-7-11(2)9-12(14)3/h7-10,13H,5-6H2,1-4H3,(H,24,25). The molecule has 5 nitrogen and oxygen atoms in total. The number of fused-ring (bicyclic) bond motifs is 1. The Balaban J connectivity index is 2.34. The average molecular weight is 370 g/mol. The fourth-order valence-electron chi connectivity index (χ4n) is 3.27. The van der Waals surface area contributed by atoms with E-state index in [0.29, 0.717) is 22.5 Å². The van der Waals surface area contributed by atoms with Crippen molar-refractivity contribution >= 4 is 27.5 Å². The van der Waals surface area contributed by atoms with E-state index in [2.05, 4.69) is 11.1 Å². The fourth-order valence-corrected chi connectivity index (χ4v) is 4.22. The minimum Gasteiger partial charge on any atom is -0.480 e. The predicted molar refractivity (Wildman–Crippen MR) is 105 cm³/mol. The fraction of sp³-hybridized carbons (Fsp3) is 0.350. The SMILES string of the molecule is CCCc1nc2scc(-c3ccc(C)cc3C)c2c(=O)n1C(C)C(=O)O. The minimum absolute atomic E-state index is 0.274. The molecule has 1 atom stereocenters. The first-order valence-corrected chi connectivity index (χ1v) is 9.56. The number of aromatic nitrogens is 2. The first-order chi connectivity index (χ1) is 12.3. The number of nitrogens with zero attached hydrogens (tertiary/aromatic N) is 2. The Bertz CT molecular complexity index is 1050. The average Bonchev–Trinajstić information content (AvgIpc) is 2.99. The second-order valence-corrected chi connectivity index (χ2v) is 7.47. The number of hydrogen-bond acceptors (Lipinski definition) is 4. The van der Waals surface area contributed by atoms with Gasteiger partial charge in [-0.1, -0.05) is 30.7 Å². The number of rotatable bonds is 5. The van der Waals surface area contributed by atoms with Gasteiger partial charge in [0.25, 0.3) is 5.56 Å². The highest BCUT2D eigenvalue weighted by Crippen LogP contribution is 2.33. The first-order valence-electron chi connectivity index (χ1n) is 8.68. The molecule has 3 rings (SSSR count). The Morgan fingerprint density at radius 3 is 2.65 bits per heavy atom. The molecule has 26 heavy (non-hydrogen) atoms. The van der Waals surface area contributed by atoms with Crippen molar-refractivity contribution in [3.05, 3.63) is 50.9 Å². The van der Waals surface area contributed by atoms with Gasteiger partial charge in [-0.3, -0.25) is 9.36 Å². The lowest BCUT2D eigenvalue weighted by Crippen LogP contribution is -2.31. The van der Waals surface area contributed by atoms with Crippen molar-refractivity contribution in [2.75, 3.05) is 0 Å². The zero-order valence-corrected chi connectivity index (χ0v) is 16.2. The highest BCUT2D eigenvalue weighted by atomic mass is 32.1. The molecule has 0 spiro atoms. The number of aryl methyl sites for hydroxylation is 3. The van der Waals surface area contributed by atoms with Crippen LogP contribution in [-0.4, -0.2) is 20.6 Å². The summed E-state index contributed by atoms with van der Waals surface area (Å²) in [5, 5.41) is 11.9. The van der Waals surface area contributed by atoms with Crippen molar-refractivity contribution in [2.45, 2.75) is 46.6 Å². The second-order valence-electron chi connectivity index (χ2n) is 6.62. The lowest BCUT2D eigenvalue weighted by Gasteiger charge is -2.16. The maximum atomic E-state index is 13.3. The molecule has 0 fully saturated rings. The molecule has 0 radical (unpaired) electrons. The van der Waals surface area contributed by atoms with Crippen LogP contribution in [0.1, 0.15) is 43.3 Å². The topological polar surface area (TPSA) is 72.2 Å². The van der Waals surface area contributed by atoms with Crippen LogP contribution >= 0.6 is 11.3 Å². The minimum atomic E-state index is -1.03. The van der Waals surface area contributed by atoms with Gasteiger partial charge < -0.3 is 5.11 Å². The monoisotopic (exact) mass is 370 g/mol. The Labute approximate surface area is 155 Å². The lowest BCUT2D eigenvalue weighted by atomic mass is 9.99. The van der Waals surface area contributed by atoms with Crippen molar-refractivity contribution in [3.8, 4) is 11.1 Å². The van der Waals surface area contributed by atoms with Gasteiger partial charge in [0.15, 0.2) is 0 Å². The van der Waals surface area contributed by atoms with Crippen LogP contribution in [0.4, 0.5) is 0 Å². The van der Waals surface area contributed by atoms with Crippen molar-refractivity contribution in [1.82, 2.24) is 9.55 Å². The van der Waals surface area contributed by atoms with E-state index in [1.807, 2.05) is 38.3 Å². The van der Waals surface area contributed by atoms with Crippen LogP contribution in [-0.2, 0) is 11.2 Å². The lowest BCUT2D eigenvalue weighted by molar-refractivity contribution is -0.140. The van der Waals surface area contributed by atoms with Gasteiger partial charge in [-0.15, -0.1) is 11.3 Å². The molecule has 3 aromatic rings. The molecule has 136 valence electrons. The van der Waals surface area contributed by atoms with Gasteiger partial charge >= 0.3 is 5.97 Å². The van der Waals surface area contributed by atoms with E-state index in [4.69, 9.17) is 0 Å². The summed E-state index contributed by atoms with van der Waals surface area (Å²) in [4.78, 5) is 30.1. The summed E-state index contributed by atoms with van der Waals surface area (Å²) in [5.41, 5.74) is 3.78. The van der Waals surface area contributed by atoms with E-state index in [-0.39, 0.29) is 5.56 Å². The van der Waals surface area contributed by atoms with E-state index in [1.165, 1.54) is 22.8 Å². The van der Waals surface area contributed by atoms with Crippen LogP contribution in [0.2, 0.25) is 0 Å². The summed E-state index contributed by atoms with van der Waals surface area (Å²) in [6.45, 7) is 7.56. The Hall–Kier alpha value is -2.47.